The topological polar surface area (TPSA) is 78.9 Å². The van der Waals surface area contributed by atoms with E-state index in [9.17, 15) is 9.18 Å². The van der Waals surface area contributed by atoms with Crippen molar-refractivity contribution < 1.29 is 18.3 Å². The van der Waals surface area contributed by atoms with Gasteiger partial charge in [-0.25, -0.2) is 9.37 Å². The molecule has 0 spiro atoms. The second-order valence-electron chi connectivity index (χ2n) is 9.03. The number of hydrogen-bond acceptors (Lipinski definition) is 6. The SMILES string of the molecule is COc1cccc2oc(-c3nc4ccccc4c(=O)n3N=Cc3cc(Cl)c(OCc4ccc(F)cc4)c(Br)c3)cc12. The molecule has 0 fully saturated rings. The first-order valence-corrected chi connectivity index (χ1v) is 13.6. The lowest BCUT2D eigenvalue weighted by Crippen LogP contribution is -2.20. The fourth-order valence-corrected chi connectivity index (χ4v) is 5.35. The standard InChI is InChI=1S/C31H20BrClFN3O4/c1-39-26-7-4-8-27-22(26)15-28(41-27)30-36-25-6-3-2-5-21(25)31(38)37(30)35-16-19-13-23(32)29(24(33)14-19)40-17-18-9-11-20(34)12-10-18/h2-16H,17H2,1H3. The second-order valence-corrected chi connectivity index (χ2v) is 10.3. The monoisotopic (exact) mass is 631 g/mol. The van der Waals surface area contributed by atoms with Gasteiger partial charge in [0.1, 0.15) is 23.8 Å². The fourth-order valence-electron chi connectivity index (χ4n) is 4.37. The Bertz CT molecular complexity index is 1980. The van der Waals surface area contributed by atoms with E-state index in [4.69, 9.17) is 30.5 Å². The van der Waals surface area contributed by atoms with Crippen LogP contribution in [-0.4, -0.2) is 23.0 Å². The third-order valence-corrected chi connectivity index (χ3v) is 7.22. The van der Waals surface area contributed by atoms with E-state index in [-0.39, 0.29) is 23.8 Å². The summed E-state index contributed by atoms with van der Waals surface area (Å²) in [4.78, 5) is 18.3. The molecule has 0 N–H and O–H groups in total. The van der Waals surface area contributed by atoms with Crippen LogP contribution in [0.25, 0.3) is 33.5 Å². The van der Waals surface area contributed by atoms with E-state index in [2.05, 4.69) is 21.0 Å². The minimum atomic E-state index is -0.362. The molecular formula is C31H20BrClFN3O4. The summed E-state index contributed by atoms with van der Waals surface area (Å²) >= 11 is 10.0. The van der Waals surface area contributed by atoms with Gasteiger partial charge in [0, 0.05) is 0 Å². The first-order chi connectivity index (χ1) is 19.9. The van der Waals surface area contributed by atoms with Gasteiger partial charge in [-0.15, -0.1) is 0 Å². The minimum Gasteiger partial charge on any atom is -0.496 e. The van der Waals surface area contributed by atoms with E-state index in [1.54, 1.807) is 55.6 Å². The van der Waals surface area contributed by atoms with E-state index >= 15 is 0 Å². The summed E-state index contributed by atoms with van der Waals surface area (Å²) in [7, 11) is 1.58. The molecule has 0 saturated carbocycles. The quantitative estimate of drug-likeness (QED) is 0.168. The van der Waals surface area contributed by atoms with Crippen molar-refractivity contribution in [3.8, 4) is 23.1 Å². The van der Waals surface area contributed by atoms with Gasteiger partial charge in [-0.2, -0.15) is 9.78 Å². The van der Waals surface area contributed by atoms with Gasteiger partial charge < -0.3 is 13.9 Å². The fraction of sp³-hybridized carbons (Fsp3) is 0.0645. The van der Waals surface area contributed by atoms with Crippen LogP contribution in [0.1, 0.15) is 11.1 Å². The van der Waals surface area contributed by atoms with Crippen LogP contribution in [-0.2, 0) is 6.61 Å². The predicted molar refractivity (Wildman–Crippen MR) is 161 cm³/mol. The van der Waals surface area contributed by atoms with E-state index < -0.39 is 0 Å². The molecule has 6 rings (SSSR count). The summed E-state index contributed by atoms with van der Waals surface area (Å²) in [5.41, 5.74) is 2.13. The van der Waals surface area contributed by atoms with Gasteiger partial charge in [0.25, 0.3) is 5.56 Å². The molecule has 0 aliphatic carbocycles. The molecule has 6 aromatic rings. The van der Waals surface area contributed by atoms with Gasteiger partial charge in [0.15, 0.2) is 11.5 Å². The lowest BCUT2D eigenvalue weighted by molar-refractivity contribution is 0.304. The summed E-state index contributed by atoms with van der Waals surface area (Å²) in [6, 6.07) is 23.7. The van der Waals surface area contributed by atoms with Crippen LogP contribution in [0.4, 0.5) is 4.39 Å². The van der Waals surface area contributed by atoms with Crippen molar-refractivity contribution in [1.29, 1.82) is 0 Å². The van der Waals surface area contributed by atoms with Crippen molar-refractivity contribution >= 4 is 55.6 Å². The Labute approximate surface area is 246 Å². The Kier molecular flexibility index (Phi) is 7.30. The Morgan fingerprint density at radius 1 is 1.05 bits per heavy atom. The number of para-hydroxylation sites is 1. The first kappa shape index (κ1) is 26.7. The zero-order valence-electron chi connectivity index (χ0n) is 21.5. The van der Waals surface area contributed by atoms with E-state index in [0.717, 1.165) is 10.9 Å². The second kappa shape index (κ2) is 11.2. The molecule has 0 saturated heterocycles. The molecule has 0 atom stereocenters. The maximum atomic E-state index is 13.6. The highest BCUT2D eigenvalue weighted by atomic mass is 79.9. The Hall–Kier alpha value is -4.47. The zero-order chi connectivity index (χ0) is 28.5. The molecule has 41 heavy (non-hydrogen) atoms. The largest absolute Gasteiger partial charge is 0.496 e. The Morgan fingerprint density at radius 2 is 1.85 bits per heavy atom. The van der Waals surface area contributed by atoms with Gasteiger partial charge in [-0.1, -0.05) is 41.9 Å². The van der Waals surface area contributed by atoms with Crippen LogP contribution in [0.5, 0.6) is 11.5 Å². The maximum absolute atomic E-state index is 13.6. The summed E-state index contributed by atoms with van der Waals surface area (Å²) in [5.74, 6) is 1.33. The molecule has 0 amide bonds. The van der Waals surface area contributed by atoms with Gasteiger partial charge >= 0.3 is 0 Å². The van der Waals surface area contributed by atoms with E-state index in [1.165, 1.54) is 23.0 Å². The summed E-state index contributed by atoms with van der Waals surface area (Å²) in [6.07, 6.45) is 1.50. The highest BCUT2D eigenvalue weighted by Crippen LogP contribution is 2.35. The van der Waals surface area contributed by atoms with Crippen LogP contribution in [0.15, 0.2) is 104 Å². The highest BCUT2D eigenvalue weighted by Gasteiger charge is 2.18. The lowest BCUT2D eigenvalue weighted by atomic mass is 10.2. The molecule has 0 aliphatic heterocycles. The van der Waals surface area contributed by atoms with E-state index in [1.807, 2.05) is 24.3 Å². The number of furan rings is 1. The third-order valence-electron chi connectivity index (χ3n) is 6.35. The Balaban J connectivity index is 1.38. The average Bonchev–Trinajstić information content (AvgIpc) is 3.42. The minimum absolute atomic E-state index is 0.204. The molecule has 0 bridgehead atoms. The van der Waals surface area contributed by atoms with Gasteiger partial charge in [0.2, 0.25) is 5.82 Å². The number of methoxy groups -OCH3 is 1. The molecule has 10 heteroatoms. The van der Waals surface area contributed by atoms with Gasteiger partial charge in [-0.3, -0.25) is 4.79 Å². The van der Waals surface area contributed by atoms with Crippen molar-refractivity contribution in [1.82, 2.24) is 9.66 Å². The average molecular weight is 633 g/mol. The molecule has 7 nitrogen and oxygen atoms in total. The number of nitrogens with zero attached hydrogens (tertiary/aromatic N) is 3. The number of hydrogen-bond donors (Lipinski definition) is 0. The van der Waals surface area contributed by atoms with Crippen molar-refractivity contribution in [2.24, 2.45) is 5.10 Å². The van der Waals surface area contributed by atoms with Crippen LogP contribution < -0.4 is 15.0 Å². The molecule has 2 aromatic heterocycles. The van der Waals surface area contributed by atoms with Crippen molar-refractivity contribution in [3.05, 3.63) is 122 Å². The summed E-state index contributed by atoms with van der Waals surface area (Å²) < 4.78 is 32.4. The first-order valence-electron chi connectivity index (χ1n) is 12.4. The van der Waals surface area contributed by atoms with Crippen molar-refractivity contribution in [2.45, 2.75) is 6.61 Å². The lowest BCUT2D eigenvalue weighted by Gasteiger charge is -2.11. The number of halogens is 3. The molecule has 0 aliphatic rings. The third kappa shape index (κ3) is 5.33. The Morgan fingerprint density at radius 3 is 2.63 bits per heavy atom. The zero-order valence-corrected chi connectivity index (χ0v) is 23.8. The molecule has 4 aromatic carbocycles. The molecule has 0 radical (unpaired) electrons. The summed E-state index contributed by atoms with van der Waals surface area (Å²) in [6.45, 7) is 0.204. The van der Waals surface area contributed by atoms with E-state index in [0.29, 0.717) is 48.8 Å². The van der Waals surface area contributed by atoms with Crippen molar-refractivity contribution in [3.63, 3.8) is 0 Å². The molecule has 204 valence electrons. The molecule has 0 unspecified atom stereocenters. The highest BCUT2D eigenvalue weighted by molar-refractivity contribution is 9.10. The number of fused-ring (bicyclic) bond motifs is 2. The number of aromatic nitrogens is 2. The molecule has 2 heterocycles. The number of ether oxygens (including phenoxy) is 2. The maximum Gasteiger partial charge on any atom is 0.282 e. The molecular weight excluding hydrogens is 613 g/mol. The van der Waals surface area contributed by atoms with Crippen molar-refractivity contribution in [2.75, 3.05) is 7.11 Å². The van der Waals surface area contributed by atoms with Crippen LogP contribution in [0.2, 0.25) is 5.02 Å². The van der Waals surface area contributed by atoms with Crippen LogP contribution in [0, 0.1) is 5.82 Å². The predicted octanol–water partition coefficient (Wildman–Crippen LogP) is 7.83. The van der Waals surface area contributed by atoms with Crippen LogP contribution in [0.3, 0.4) is 0 Å². The number of benzene rings is 4. The van der Waals surface area contributed by atoms with Gasteiger partial charge in [0.05, 0.1) is 39.1 Å². The smallest absolute Gasteiger partial charge is 0.282 e. The van der Waals surface area contributed by atoms with Crippen LogP contribution >= 0.6 is 27.5 Å². The van der Waals surface area contributed by atoms with Gasteiger partial charge in [-0.05, 0) is 81.7 Å². The summed E-state index contributed by atoms with van der Waals surface area (Å²) in [5, 5.41) is 5.98. The normalized spacial score (nSPS) is 11.5. The number of rotatable bonds is 7.